The Labute approximate surface area is 71.4 Å². The van der Waals surface area contributed by atoms with E-state index in [9.17, 15) is 9.18 Å². The van der Waals surface area contributed by atoms with Crippen LogP contribution in [0, 0.1) is 0 Å². The first-order valence-electron chi connectivity index (χ1n) is 3.75. The summed E-state index contributed by atoms with van der Waals surface area (Å²) in [5, 5.41) is 0. The SMILES string of the molecule is CC(C)OC(=O)C=C(N)C(C)F. The molecule has 4 heteroatoms. The lowest BCUT2D eigenvalue weighted by atomic mass is 10.3. The van der Waals surface area contributed by atoms with Gasteiger partial charge in [-0.25, -0.2) is 9.18 Å². The number of hydrogen-bond acceptors (Lipinski definition) is 3. The highest BCUT2D eigenvalue weighted by Crippen LogP contribution is 1.99. The van der Waals surface area contributed by atoms with Gasteiger partial charge in [0.15, 0.2) is 0 Å². The Morgan fingerprint density at radius 3 is 2.33 bits per heavy atom. The van der Waals surface area contributed by atoms with Crippen LogP contribution >= 0.6 is 0 Å². The first kappa shape index (κ1) is 10.9. The molecule has 0 saturated heterocycles. The predicted octanol–water partition coefficient (Wildman–Crippen LogP) is 1.14. The Morgan fingerprint density at radius 2 is 2.00 bits per heavy atom. The van der Waals surface area contributed by atoms with Gasteiger partial charge in [-0.05, 0) is 20.8 Å². The van der Waals surface area contributed by atoms with Gasteiger partial charge < -0.3 is 10.5 Å². The van der Waals surface area contributed by atoms with Crippen LogP contribution in [0.5, 0.6) is 0 Å². The predicted molar refractivity (Wildman–Crippen MR) is 44.1 cm³/mol. The maximum atomic E-state index is 12.4. The van der Waals surface area contributed by atoms with E-state index in [0.717, 1.165) is 6.08 Å². The van der Waals surface area contributed by atoms with Crippen LogP contribution in [0.25, 0.3) is 0 Å². The van der Waals surface area contributed by atoms with Gasteiger partial charge in [-0.2, -0.15) is 0 Å². The summed E-state index contributed by atoms with van der Waals surface area (Å²) in [6.07, 6.45) is -0.564. The summed E-state index contributed by atoms with van der Waals surface area (Å²) in [6, 6.07) is 0. The van der Waals surface area contributed by atoms with Crippen LogP contribution in [0.4, 0.5) is 4.39 Å². The number of halogens is 1. The number of allylic oxidation sites excluding steroid dienone is 1. The van der Waals surface area contributed by atoms with Gasteiger partial charge in [0, 0.05) is 11.8 Å². The van der Waals surface area contributed by atoms with Gasteiger partial charge in [-0.15, -0.1) is 0 Å². The first-order valence-corrected chi connectivity index (χ1v) is 3.75. The third kappa shape index (κ3) is 4.71. The fourth-order valence-electron chi connectivity index (χ4n) is 0.517. The molecule has 0 aromatic carbocycles. The Bertz CT molecular complexity index is 187. The molecule has 70 valence electrons. The lowest BCUT2D eigenvalue weighted by Gasteiger charge is -2.06. The van der Waals surface area contributed by atoms with E-state index in [4.69, 9.17) is 10.5 Å². The molecule has 0 heterocycles. The lowest BCUT2D eigenvalue weighted by molar-refractivity contribution is -0.141. The molecule has 0 rings (SSSR count). The van der Waals surface area contributed by atoms with E-state index in [-0.39, 0.29) is 11.8 Å². The van der Waals surface area contributed by atoms with Crippen LogP contribution in [-0.4, -0.2) is 18.2 Å². The largest absolute Gasteiger partial charge is 0.460 e. The monoisotopic (exact) mass is 175 g/mol. The number of alkyl halides is 1. The maximum Gasteiger partial charge on any atom is 0.332 e. The highest BCUT2D eigenvalue weighted by molar-refractivity contribution is 5.82. The van der Waals surface area contributed by atoms with Crippen molar-refractivity contribution in [1.82, 2.24) is 0 Å². The highest BCUT2D eigenvalue weighted by atomic mass is 19.1. The standard InChI is InChI=1S/C8H14FNO2/c1-5(2)12-8(11)4-7(10)6(3)9/h4-6H,10H2,1-3H3. The molecule has 0 fully saturated rings. The average Bonchev–Trinajstić information content (AvgIpc) is 1.84. The molecule has 0 bridgehead atoms. The van der Waals surface area contributed by atoms with E-state index in [0.29, 0.717) is 0 Å². The zero-order valence-electron chi connectivity index (χ0n) is 7.50. The molecule has 1 unspecified atom stereocenters. The van der Waals surface area contributed by atoms with Crippen molar-refractivity contribution in [3.63, 3.8) is 0 Å². The van der Waals surface area contributed by atoms with Crippen molar-refractivity contribution in [2.45, 2.75) is 33.0 Å². The second-order valence-corrected chi connectivity index (χ2v) is 2.75. The molecule has 0 aromatic heterocycles. The first-order chi connectivity index (χ1) is 5.43. The molecule has 0 aliphatic heterocycles. The number of nitrogens with two attached hydrogens (primary N) is 1. The van der Waals surface area contributed by atoms with Gasteiger partial charge in [0.1, 0.15) is 6.17 Å². The summed E-state index contributed by atoms with van der Waals surface area (Å²) in [6.45, 7) is 4.68. The van der Waals surface area contributed by atoms with Crippen LogP contribution in [0.1, 0.15) is 20.8 Å². The van der Waals surface area contributed by atoms with Gasteiger partial charge >= 0.3 is 5.97 Å². The van der Waals surface area contributed by atoms with Crippen LogP contribution < -0.4 is 5.73 Å². The number of esters is 1. The Hall–Kier alpha value is -1.06. The minimum absolute atomic E-state index is 0.111. The number of rotatable bonds is 3. The summed E-state index contributed by atoms with van der Waals surface area (Å²) in [4.78, 5) is 10.8. The summed E-state index contributed by atoms with van der Waals surface area (Å²) >= 11 is 0. The number of carbonyl (C=O) groups is 1. The van der Waals surface area contributed by atoms with E-state index in [1.54, 1.807) is 13.8 Å². The van der Waals surface area contributed by atoms with E-state index in [1.807, 2.05) is 0 Å². The summed E-state index contributed by atoms with van der Waals surface area (Å²) < 4.78 is 17.1. The van der Waals surface area contributed by atoms with E-state index in [1.165, 1.54) is 6.92 Å². The zero-order chi connectivity index (χ0) is 9.72. The Kier molecular flexibility index (Phi) is 4.33. The molecule has 0 aliphatic carbocycles. The minimum Gasteiger partial charge on any atom is -0.460 e. The third-order valence-electron chi connectivity index (χ3n) is 1.10. The molecule has 0 aromatic rings. The van der Waals surface area contributed by atoms with Crippen molar-refractivity contribution in [2.24, 2.45) is 5.73 Å². The zero-order valence-corrected chi connectivity index (χ0v) is 7.50. The van der Waals surface area contributed by atoms with E-state index >= 15 is 0 Å². The smallest absolute Gasteiger partial charge is 0.332 e. The van der Waals surface area contributed by atoms with Crippen molar-refractivity contribution in [3.8, 4) is 0 Å². The molecular formula is C8H14FNO2. The molecule has 2 N–H and O–H groups in total. The molecule has 3 nitrogen and oxygen atoms in total. The average molecular weight is 175 g/mol. The van der Waals surface area contributed by atoms with Gasteiger partial charge in [0.2, 0.25) is 0 Å². The van der Waals surface area contributed by atoms with Gasteiger partial charge in [0.25, 0.3) is 0 Å². The fraction of sp³-hybridized carbons (Fsp3) is 0.625. The van der Waals surface area contributed by atoms with Gasteiger partial charge in [-0.1, -0.05) is 0 Å². The fourth-order valence-corrected chi connectivity index (χ4v) is 0.517. The van der Waals surface area contributed by atoms with Crippen LogP contribution in [0.15, 0.2) is 11.8 Å². The van der Waals surface area contributed by atoms with Crippen molar-refractivity contribution >= 4 is 5.97 Å². The number of hydrogen-bond donors (Lipinski definition) is 1. The number of carbonyl (C=O) groups excluding carboxylic acids is 1. The molecule has 0 amide bonds. The Morgan fingerprint density at radius 1 is 1.50 bits per heavy atom. The van der Waals surface area contributed by atoms with Gasteiger partial charge in [-0.3, -0.25) is 0 Å². The van der Waals surface area contributed by atoms with Crippen LogP contribution in [-0.2, 0) is 9.53 Å². The molecule has 0 saturated carbocycles. The minimum atomic E-state index is -1.32. The third-order valence-corrected chi connectivity index (χ3v) is 1.10. The normalized spacial score (nSPS) is 14.6. The summed E-state index contributed by atoms with van der Waals surface area (Å²) in [5.41, 5.74) is 5.07. The molecule has 0 spiro atoms. The highest BCUT2D eigenvalue weighted by Gasteiger charge is 2.06. The van der Waals surface area contributed by atoms with Crippen LogP contribution in [0.2, 0.25) is 0 Å². The topological polar surface area (TPSA) is 52.3 Å². The second kappa shape index (κ2) is 4.74. The molecule has 1 atom stereocenters. The molecule has 0 aliphatic rings. The van der Waals surface area contributed by atoms with E-state index in [2.05, 4.69) is 0 Å². The molecule has 12 heavy (non-hydrogen) atoms. The van der Waals surface area contributed by atoms with E-state index < -0.39 is 12.1 Å². The van der Waals surface area contributed by atoms with Crippen molar-refractivity contribution in [1.29, 1.82) is 0 Å². The quantitative estimate of drug-likeness (QED) is 0.517. The van der Waals surface area contributed by atoms with Crippen LogP contribution in [0.3, 0.4) is 0 Å². The van der Waals surface area contributed by atoms with Crippen molar-refractivity contribution in [2.75, 3.05) is 0 Å². The van der Waals surface area contributed by atoms with Crippen molar-refractivity contribution < 1.29 is 13.9 Å². The second-order valence-electron chi connectivity index (χ2n) is 2.75. The maximum absolute atomic E-state index is 12.4. The lowest BCUT2D eigenvalue weighted by Crippen LogP contribution is -2.15. The molecule has 0 radical (unpaired) electrons. The van der Waals surface area contributed by atoms with Gasteiger partial charge in [0.05, 0.1) is 6.10 Å². The summed E-state index contributed by atoms with van der Waals surface area (Å²) in [7, 11) is 0. The number of ether oxygens (including phenoxy) is 1. The molecular weight excluding hydrogens is 161 g/mol. The van der Waals surface area contributed by atoms with Crippen molar-refractivity contribution in [3.05, 3.63) is 11.8 Å². The summed E-state index contributed by atoms with van der Waals surface area (Å²) in [5.74, 6) is -0.605. The Balaban J connectivity index is 4.06.